The molecule has 2 fully saturated rings. The third kappa shape index (κ3) is 5.84. The number of piperidine rings is 1. The number of amides is 1. The number of carbonyl (C=O) groups excluding carboxylic acids is 1. The quantitative estimate of drug-likeness (QED) is 0.517. The van der Waals surface area contributed by atoms with Gasteiger partial charge in [-0.1, -0.05) is 13.8 Å². The van der Waals surface area contributed by atoms with E-state index in [2.05, 4.69) is 28.6 Å². The van der Waals surface area contributed by atoms with Crippen LogP contribution in [0.2, 0.25) is 0 Å². The highest BCUT2D eigenvalue weighted by molar-refractivity contribution is 7.19. The van der Waals surface area contributed by atoms with E-state index >= 15 is 0 Å². The number of aromatic nitrogens is 2. The maximum Gasteiger partial charge on any atom is 0.227 e. The van der Waals surface area contributed by atoms with Gasteiger partial charge in [-0.2, -0.15) is 0 Å². The normalized spacial score (nSPS) is 18.0. The van der Waals surface area contributed by atoms with Crippen molar-refractivity contribution >= 4 is 33.3 Å². The van der Waals surface area contributed by atoms with Gasteiger partial charge >= 0.3 is 0 Å². The maximum absolute atomic E-state index is 12.4. The van der Waals surface area contributed by atoms with Gasteiger partial charge < -0.3 is 19.4 Å². The second-order valence-corrected chi connectivity index (χ2v) is 11.1. The zero-order valence-corrected chi connectivity index (χ0v) is 21.5. The molecule has 0 unspecified atom stereocenters. The Morgan fingerprint density at radius 2 is 1.91 bits per heavy atom. The number of hydrogen-bond acceptors (Lipinski definition) is 7. The first kappa shape index (κ1) is 24.4. The van der Waals surface area contributed by atoms with Crippen molar-refractivity contribution in [1.82, 2.24) is 19.8 Å². The smallest absolute Gasteiger partial charge is 0.227 e. The average molecular weight is 474 g/mol. The van der Waals surface area contributed by atoms with Crippen LogP contribution in [0.4, 0.5) is 5.82 Å². The Hall–Kier alpha value is -1.77. The first-order valence-corrected chi connectivity index (χ1v) is 13.3. The van der Waals surface area contributed by atoms with Crippen LogP contribution in [0.1, 0.15) is 55.9 Å². The molecule has 0 N–H and O–H groups in total. The number of rotatable bonds is 9. The van der Waals surface area contributed by atoms with E-state index in [-0.39, 0.29) is 5.91 Å². The zero-order valence-electron chi connectivity index (χ0n) is 20.7. The molecular weight excluding hydrogens is 434 g/mol. The molecule has 8 heteroatoms. The molecule has 0 saturated carbocycles. The fourth-order valence-electron chi connectivity index (χ4n) is 5.02. The summed E-state index contributed by atoms with van der Waals surface area (Å²) in [6, 6.07) is 0. The number of likely N-dealkylation sites (N-methyl/N-ethyl adjacent to an activating group) is 1. The van der Waals surface area contributed by atoms with E-state index in [0.29, 0.717) is 18.3 Å². The molecule has 0 spiro atoms. The van der Waals surface area contributed by atoms with Crippen molar-refractivity contribution < 1.29 is 9.53 Å². The molecule has 2 aliphatic rings. The average Bonchev–Trinajstić information content (AvgIpc) is 3.44. The first-order chi connectivity index (χ1) is 15.9. The molecular formula is C25H39N5O2S. The minimum Gasteiger partial charge on any atom is -0.380 e. The van der Waals surface area contributed by atoms with Crippen LogP contribution < -0.4 is 4.90 Å². The Morgan fingerprint density at radius 1 is 1.18 bits per heavy atom. The number of hydrogen-bond donors (Lipinski definition) is 0. The number of thiophene rings is 1. The summed E-state index contributed by atoms with van der Waals surface area (Å²) in [5.74, 6) is 2.10. The Morgan fingerprint density at radius 3 is 2.58 bits per heavy atom. The SMILES string of the molecule is CC(C)c1c(CC(=O)N(C)C)sc2ncnc(N3CCC(COCCN4CCCC4)CC3)c12. The van der Waals surface area contributed by atoms with Crippen LogP contribution >= 0.6 is 11.3 Å². The highest BCUT2D eigenvalue weighted by atomic mass is 32.1. The Balaban J connectivity index is 1.41. The highest BCUT2D eigenvalue weighted by Crippen LogP contribution is 2.40. The van der Waals surface area contributed by atoms with Gasteiger partial charge in [-0.25, -0.2) is 9.97 Å². The molecule has 0 atom stereocenters. The minimum atomic E-state index is 0.128. The number of anilines is 1. The minimum absolute atomic E-state index is 0.128. The molecule has 2 saturated heterocycles. The van der Waals surface area contributed by atoms with Crippen molar-refractivity contribution in [3.05, 3.63) is 16.8 Å². The van der Waals surface area contributed by atoms with Crippen molar-refractivity contribution in [3.8, 4) is 0 Å². The van der Waals surface area contributed by atoms with Crippen LogP contribution in [0.3, 0.4) is 0 Å². The molecule has 0 radical (unpaired) electrons. The zero-order chi connectivity index (χ0) is 23.4. The monoisotopic (exact) mass is 473 g/mol. The van der Waals surface area contributed by atoms with Crippen LogP contribution in [0.15, 0.2) is 6.33 Å². The topological polar surface area (TPSA) is 61.8 Å². The summed E-state index contributed by atoms with van der Waals surface area (Å²) in [6.07, 6.45) is 7.04. The van der Waals surface area contributed by atoms with E-state index in [1.165, 1.54) is 31.5 Å². The number of carbonyl (C=O) groups is 1. The van der Waals surface area contributed by atoms with Crippen molar-refractivity contribution in [1.29, 1.82) is 0 Å². The molecule has 182 valence electrons. The van der Waals surface area contributed by atoms with E-state index in [0.717, 1.165) is 66.6 Å². The summed E-state index contributed by atoms with van der Waals surface area (Å²) < 4.78 is 6.04. The largest absolute Gasteiger partial charge is 0.380 e. The summed E-state index contributed by atoms with van der Waals surface area (Å²) in [6.45, 7) is 11.7. The number of fused-ring (bicyclic) bond motifs is 1. The molecule has 2 aliphatic heterocycles. The van der Waals surface area contributed by atoms with E-state index < -0.39 is 0 Å². The van der Waals surface area contributed by atoms with Gasteiger partial charge in [-0.15, -0.1) is 11.3 Å². The lowest BCUT2D eigenvalue weighted by Gasteiger charge is -2.33. The van der Waals surface area contributed by atoms with Gasteiger partial charge in [0.15, 0.2) is 0 Å². The van der Waals surface area contributed by atoms with Crippen LogP contribution in [0.5, 0.6) is 0 Å². The fraction of sp³-hybridized carbons (Fsp3) is 0.720. The predicted octanol–water partition coefficient (Wildman–Crippen LogP) is 3.77. The Labute approximate surface area is 202 Å². The van der Waals surface area contributed by atoms with Gasteiger partial charge in [0.1, 0.15) is 17.0 Å². The first-order valence-electron chi connectivity index (χ1n) is 12.5. The van der Waals surface area contributed by atoms with Gasteiger partial charge in [0.05, 0.1) is 18.4 Å². The number of likely N-dealkylation sites (tertiary alicyclic amines) is 1. The second kappa shape index (κ2) is 11.1. The highest BCUT2D eigenvalue weighted by Gasteiger charge is 2.27. The van der Waals surface area contributed by atoms with Crippen LogP contribution in [-0.4, -0.2) is 85.7 Å². The number of nitrogens with zero attached hydrogens (tertiary/aromatic N) is 5. The molecule has 4 rings (SSSR count). The van der Waals surface area contributed by atoms with Gasteiger partial charge in [-0.3, -0.25) is 4.79 Å². The lowest BCUT2D eigenvalue weighted by Crippen LogP contribution is -2.36. The molecule has 2 aromatic rings. The standard InChI is InChI=1S/C25H39N5O2S/c1-18(2)22-20(15-21(31)28(3)4)33-25-23(22)24(26-17-27-25)30-11-7-19(8-12-30)16-32-14-13-29-9-5-6-10-29/h17-19H,5-16H2,1-4H3. The summed E-state index contributed by atoms with van der Waals surface area (Å²) in [4.78, 5) is 30.5. The van der Waals surface area contributed by atoms with Crippen molar-refractivity contribution in [3.63, 3.8) is 0 Å². The lowest BCUT2D eigenvalue weighted by atomic mass is 9.96. The van der Waals surface area contributed by atoms with Gasteiger partial charge in [-0.05, 0) is 56.2 Å². The third-order valence-corrected chi connectivity index (χ3v) is 8.10. The van der Waals surface area contributed by atoms with Crippen molar-refractivity contribution in [2.45, 2.75) is 51.9 Å². The van der Waals surface area contributed by atoms with Crippen molar-refractivity contribution in [2.75, 3.05) is 64.9 Å². The molecule has 2 aromatic heterocycles. The van der Waals surface area contributed by atoms with E-state index in [1.54, 1.807) is 22.6 Å². The summed E-state index contributed by atoms with van der Waals surface area (Å²) in [5.41, 5.74) is 1.24. The van der Waals surface area contributed by atoms with Gasteiger partial charge in [0.25, 0.3) is 0 Å². The van der Waals surface area contributed by atoms with Crippen LogP contribution in [0, 0.1) is 5.92 Å². The molecule has 0 aliphatic carbocycles. The van der Waals surface area contributed by atoms with E-state index in [4.69, 9.17) is 9.72 Å². The molecule has 33 heavy (non-hydrogen) atoms. The maximum atomic E-state index is 12.4. The summed E-state index contributed by atoms with van der Waals surface area (Å²) in [7, 11) is 3.63. The molecule has 4 heterocycles. The van der Waals surface area contributed by atoms with Crippen LogP contribution in [-0.2, 0) is 16.0 Å². The molecule has 7 nitrogen and oxygen atoms in total. The van der Waals surface area contributed by atoms with Crippen molar-refractivity contribution in [2.24, 2.45) is 5.92 Å². The van der Waals surface area contributed by atoms with Crippen LogP contribution in [0.25, 0.3) is 10.2 Å². The predicted molar refractivity (Wildman–Crippen MR) is 135 cm³/mol. The van der Waals surface area contributed by atoms with Gasteiger partial charge in [0, 0.05) is 45.2 Å². The molecule has 0 aromatic carbocycles. The molecule has 1 amide bonds. The van der Waals surface area contributed by atoms with E-state index in [9.17, 15) is 4.79 Å². The summed E-state index contributed by atoms with van der Waals surface area (Å²) >= 11 is 1.65. The Bertz CT molecular complexity index is 930. The van der Waals surface area contributed by atoms with Gasteiger partial charge in [0.2, 0.25) is 5.91 Å². The Kier molecular flexibility index (Phi) is 8.20. The van der Waals surface area contributed by atoms with E-state index in [1.807, 2.05) is 14.1 Å². The second-order valence-electron chi connectivity index (χ2n) is 9.99. The lowest BCUT2D eigenvalue weighted by molar-refractivity contribution is -0.127. The fourth-order valence-corrected chi connectivity index (χ4v) is 6.30. The number of ether oxygens (including phenoxy) is 1. The molecule has 0 bridgehead atoms. The summed E-state index contributed by atoms with van der Waals surface area (Å²) in [5, 5.41) is 1.15. The third-order valence-electron chi connectivity index (χ3n) is 6.99.